The second-order valence-corrected chi connectivity index (χ2v) is 4.00. The molecule has 0 unspecified atom stereocenters. The van der Waals surface area contributed by atoms with Crippen molar-refractivity contribution < 1.29 is 4.74 Å². The minimum absolute atomic E-state index is 0.0310. The van der Waals surface area contributed by atoms with Gasteiger partial charge in [-0.25, -0.2) is 0 Å². The number of aromatic nitrogens is 1. The number of hydrogen-bond donors (Lipinski definition) is 1. The fraction of sp³-hybridized carbons (Fsp3) is 0.545. The number of nitrogens with zero attached hydrogens (tertiary/aromatic N) is 1. The Labute approximate surface area is 88.7 Å². The van der Waals surface area contributed by atoms with Gasteiger partial charge in [0.15, 0.2) is 0 Å². The first kappa shape index (κ1) is 10.2. The average molecular weight is 208 g/mol. The molecule has 1 saturated heterocycles. The van der Waals surface area contributed by atoms with Crippen LogP contribution in [0, 0.1) is 0 Å². The Morgan fingerprint density at radius 2 is 2.07 bits per heavy atom. The molecular weight excluding hydrogens is 192 g/mol. The van der Waals surface area contributed by atoms with Crippen molar-refractivity contribution in [2.24, 2.45) is 7.05 Å². The average Bonchev–Trinajstić information content (AvgIpc) is 2.26. The maximum atomic E-state index is 11.6. The third kappa shape index (κ3) is 2.04. The predicted octanol–water partition coefficient (Wildman–Crippen LogP) is 0.862. The van der Waals surface area contributed by atoms with Gasteiger partial charge in [-0.15, -0.1) is 0 Å². The van der Waals surface area contributed by atoms with Crippen LogP contribution in [0.4, 0.5) is 5.82 Å². The van der Waals surface area contributed by atoms with Crippen molar-refractivity contribution in [1.82, 2.24) is 4.57 Å². The zero-order valence-electron chi connectivity index (χ0n) is 8.90. The third-order valence-electron chi connectivity index (χ3n) is 3.02. The Morgan fingerprint density at radius 1 is 1.40 bits per heavy atom. The summed E-state index contributed by atoms with van der Waals surface area (Å²) in [4.78, 5) is 11.6. The Balaban J connectivity index is 2.32. The van der Waals surface area contributed by atoms with Crippen molar-refractivity contribution in [2.45, 2.75) is 18.8 Å². The highest BCUT2D eigenvalue weighted by molar-refractivity contribution is 5.35. The van der Waals surface area contributed by atoms with E-state index in [9.17, 15) is 4.79 Å². The quantitative estimate of drug-likeness (QED) is 0.744. The molecule has 0 atom stereocenters. The van der Waals surface area contributed by atoms with Crippen LogP contribution in [0.1, 0.15) is 24.3 Å². The lowest BCUT2D eigenvalue weighted by Gasteiger charge is -2.22. The largest absolute Gasteiger partial charge is 0.385 e. The van der Waals surface area contributed by atoms with E-state index in [1.165, 1.54) is 4.57 Å². The standard InChI is InChI=1S/C11H16N2O2/c1-13-10(12)6-9(7-11(13)14)8-2-4-15-5-3-8/h6-8H,2-5,12H2,1H3. The van der Waals surface area contributed by atoms with E-state index in [4.69, 9.17) is 10.5 Å². The molecule has 0 radical (unpaired) electrons. The molecule has 2 heterocycles. The fourth-order valence-corrected chi connectivity index (χ4v) is 1.94. The van der Waals surface area contributed by atoms with Crippen molar-refractivity contribution in [3.63, 3.8) is 0 Å². The van der Waals surface area contributed by atoms with E-state index in [2.05, 4.69) is 0 Å². The molecule has 0 saturated carbocycles. The van der Waals surface area contributed by atoms with Crippen LogP contribution in [0.15, 0.2) is 16.9 Å². The van der Waals surface area contributed by atoms with Crippen LogP contribution >= 0.6 is 0 Å². The Hall–Kier alpha value is -1.29. The number of pyridine rings is 1. The van der Waals surface area contributed by atoms with Gasteiger partial charge in [0.05, 0.1) is 0 Å². The second kappa shape index (κ2) is 4.06. The third-order valence-corrected chi connectivity index (χ3v) is 3.02. The minimum Gasteiger partial charge on any atom is -0.385 e. The van der Waals surface area contributed by atoms with Gasteiger partial charge in [-0.05, 0) is 30.4 Å². The van der Waals surface area contributed by atoms with Crippen molar-refractivity contribution in [1.29, 1.82) is 0 Å². The molecule has 0 spiro atoms. The molecular formula is C11H16N2O2. The monoisotopic (exact) mass is 208 g/mol. The summed E-state index contributed by atoms with van der Waals surface area (Å²) in [6, 6.07) is 3.59. The SMILES string of the molecule is Cn1c(N)cc(C2CCOCC2)cc1=O. The van der Waals surface area contributed by atoms with Crippen LogP contribution in [-0.2, 0) is 11.8 Å². The number of ether oxygens (including phenoxy) is 1. The van der Waals surface area contributed by atoms with Gasteiger partial charge in [0.2, 0.25) is 0 Å². The zero-order chi connectivity index (χ0) is 10.8. The molecule has 2 rings (SSSR count). The van der Waals surface area contributed by atoms with Crippen molar-refractivity contribution in [3.8, 4) is 0 Å². The molecule has 82 valence electrons. The van der Waals surface area contributed by atoms with Crippen LogP contribution in [0.3, 0.4) is 0 Å². The highest BCUT2D eigenvalue weighted by Crippen LogP contribution is 2.26. The summed E-state index contributed by atoms with van der Waals surface area (Å²) in [6.45, 7) is 1.56. The number of rotatable bonds is 1. The van der Waals surface area contributed by atoms with Gasteiger partial charge >= 0.3 is 0 Å². The van der Waals surface area contributed by atoms with Crippen LogP contribution < -0.4 is 11.3 Å². The molecule has 1 aliphatic heterocycles. The van der Waals surface area contributed by atoms with Gasteiger partial charge in [-0.2, -0.15) is 0 Å². The maximum absolute atomic E-state index is 11.6. The summed E-state index contributed by atoms with van der Waals surface area (Å²) < 4.78 is 6.75. The van der Waals surface area contributed by atoms with Gasteiger partial charge in [-0.1, -0.05) is 0 Å². The molecule has 1 aromatic heterocycles. The van der Waals surface area contributed by atoms with Crippen LogP contribution in [0.5, 0.6) is 0 Å². The maximum Gasteiger partial charge on any atom is 0.252 e. The summed E-state index contributed by atoms with van der Waals surface area (Å²) in [5.41, 5.74) is 6.78. The lowest BCUT2D eigenvalue weighted by atomic mass is 9.92. The first-order valence-corrected chi connectivity index (χ1v) is 5.22. The molecule has 0 bridgehead atoms. The first-order valence-electron chi connectivity index (χ1n) is 5.22. The van der Waals surface area contributed by atoms with E-state index in [1.54, 1.807) is 13.1 Å². The van der Waals surface area contributed by atoms with E-state index in [1.807, 2.05) is 6.07 Å². The molecule has 0 aromatic carbocycles. The number of anilines is 1. The smallest absolute Gasteiger partial charge is 0.252 e. The van der Waals surface area contributed by atoms with E-state index in [0.29, 0.717) is 11.7 Å². The van der Waals surface area contributed by atoms with Crippen molar-refractivity contribution in [3.05, 3.63) is 28.0 Å². The topological polar surface area (TPSA) is 57.2 Å². The van der Waals surface area contributed by atoms with E-state index in [-0.39, 0.29) is 5.56 Å². The number of hydrogen-bond acceptors (Lipinski definition) is 3. The van der Waals surface area contributed by atoms with Gasteiger partial charge < -0.3 is 10.5 Å². The Bertz CT molecular complexity index is 406. The lowest BCUT2D eigenvalue weighted by molar-refractivity contribution is 0.0853. The summed E-state index contributed by atoms with van der Waals surface area (Å²) in [5, 5.41) is 0. The van der Waals surface area contributed by atoms with Crippen LogP contribution in [0.2, 0.25) is 0 Å². The highest BCUT2D eigenvalue weighted by Gasteiger charge is 2.17. The number of nitrogens with two attached hydrogens (primary N) is 1. The van der Waals surface area contributed by atoms with E-state index < -0.39 is 0 Å². The molecule has 0 aliphatic carbocycles. The minimum atomic E-state index is -0.0310. The van der Waals surface area contributed by atoms with Gasteiger partial charge in [0.25, 0.3) is 5.56 Å². The summed E-state index contributed by atoms with van der Waals surface area (Å²) in [6.07, 6.45) is 1.96. The molecule has 2 N–H and O–H groups in total. The highest BCUT2D eigenvalue weighted by atomic mass is 16.5. The molecule has 1 aromatic rings. The van der Waals surface area contributed by atoms with Crippen molar-refractivity contribution >= 4 is 5.82 Å². The summed E-state index contributed by atoms with van der Waals surface area (Å²) in [7, 11) is 1.69. The normalized spacial score (nSPS) is 17.9. The van der Waals surface area contributed by atoms with E-state index in [0.717, 1.165) is 31.6 Å². The molecule has 15 heavy (non-hydrogen) atoms. The molecule has 4 nitrogen and oxygen atoms in total. The first-order chi connectivity index (χ1) is 7.18. The van der Waals surface area contributed by atoms with Gasteiger partial charge in [0.1, 0.15) is 5.82 Å². The fourth-order valence-electron chi connectivity index (χ4n) is 1.94. The predicted molar refractivity (Wildman–Crippen MR) is 58.9 cm³/mol. The van der Waals surface area contributed by atoms with Crippen LogP contribution in [-0.4, -0.2) is 17.8 Å². The summed E-state index contributed by atoms with van der Waals surface area (Å²) >= 11 is 0. The Morgan fingerprint density at radius 3 is 2.67 bits per heavy atom. The second-order valence-electron chi connectivity index (χ2n) is 4.00. The van der Waals surface area contributed by atoms with Crippen molar-refractivity contribution in [2.75, 3.05) is 18.9 Å². The summed E-state index contributed by atoms with van der Waals surface area (Å²) in [5.74, 6) is 0.957. The van der Waals surface area contributed by atoms with Crippen LogP contribution in [0.25, 0.3) is 0 Å². The lowest BCUT2D eigenvalue weighted by Crippen LogP contribution is -2.22. The molecule has 1 aliphatic rings. The molecule has 1 fully saturated rings. The number of nitrogen functional groups attached to an aromatic ring is 1. The van der Waals surface area contributed by atoms with Gasteiger partial charge in [-0.3, -0.25) is 9.36 Å². The zero-order valence-corrected chi connectivity index (χ0v) is 8.90. The Kier molecular flexibility index (Phi) is 2.77. The molecule has 0 amide bonds. The van der Waals surface area contributed by atoms with E-state index >= 15 is 0 Å². The van der Waals surface area contributed by atoms with Gasteiger partial charge in [0, 0.05) is 26.3 Å². The molecule has 4 heteroatoms.